The first-order chi connectivity index (χ1) is 13.3. The first-order valence-corrected chi connectivity index (χ1v) is 9.57. The highest BCUT2D eigenvalue weighted by molar-refractivity contribution is 5.51. The van der Waals surface area contributed by atoms with Gasteiger partial charge in [0.05, 0.1) is 17.8 Å². The van der Waals surface area contributed by atoms with Crippen LogP contribution in [0.1, 0.15) is 30.2 Å². The number of piperazine rings is 1. The van der Waals surface area contributed by atoms with E-state index < -0.39 is 0 Å². The van der Waals surface area contributed by atoms with Gasteiger partial charge in [-0.05, 0) is 18.1 Å². The second kappa shape index (κ2) is 7.77. The molecule has 0 aliphatic carbocycles. The molecule has 1 aliphatic heterocycles. The minimum absolute atomic E-state index is 0.775. The Hall–Kier alpha value is -2.91. The summed E-state index contributed by atoms with van der Waals surface area (Å²) in [6.07, 6.45) is 3.89. The minimum Gasteiger partial charge on any atom is -0.354 e. The molecular weight excluding hydrogens is 336 g/mol. The van der Waals surface area contributed by atoms with E-state index in [-0.39, 0.29) is 0 Å². The zero-order valence-electron chi connectivity index (χ0n) is 15.7. The van der Waals surface area contributed by atoms with Crippen LogP contribution in [0, 0.1) is 11.3 Å². The van der Waals surface area contributed by atoms with E-state index in [1.54, 1.807) is 0 Å². The predicted octanol–water partition coefficient (Wildman–Crippen LogP) is 2.88. The third-order valence-electron chi connectivity index (χ3n) is 5.13. The van der Waals surface area contributed by atoms with Crippen LogP contribution in [0.25, 0.3) is 5.65 Å². The molecule has 1 aromatic carbocycles. The monoisotopic (exact) mass is 360 g/mol. The van der Waals surface area contributed by atoms with Crippen molar-refractivity contribution < 1.29 is 0 Å². The molecule has 6 heteroatoms. The maximum atomic E-state index is 9.30. The standard InChI is InChI=1S/C21H24N6/c1-2-5-19-14-21(27-20(24-19)8-9-23-27)26-12-10-25(11-13-26)16-18-7-4-3-6-17(18)15-22/h3-4,6-9,14H,2,5,10-13,16H2,1H3. The Labute approximate surface area is 159 Å². The van der Waals surface area contributed by atoms with Crippen LogP contribution < -0.4 is 4.90 Å². The average molecular weight is 360 g/mol. The zero-order chi connectivity index (χ0) is 18.6. The molecule has 1 aliphatic rings. The van der Waals surface area contributed by atoms with E-state index in [1.165, 1.54) is 0 Å². The Morgan fingerprint density at radius 1 is 1.11 bits per heavy atom. The molecule has 138 valence electrons. The van der Waals surface area contributed by atoms with Crippen LogP contribution in [0.2, 0.25) is 0 Å². The molecule has 0 amide bonds. The number of nitriles is 1. The second-order valence-electron chi connectivity index (χ2n) is 6.99. The number of aromatic nitrogens is 3. The number of benzene rings is 1. The van der Waals surface area contributed by atoms with E-state index in [1.807, 2.05) is 35.0 Å². The summed E-state index contributed by atoms with van der Waals surface area (Å²) < 4.78 is 1.94. The normalized spacial score (nSPS) is 15.2. The van der Waals surface area contributed by atoms with Gasteiger partial charge in [0.2, 0.25) is 0 Å². The van der Waals surface area contributed by atoms with Gasteiger partial charge < -0.3 is 4.90 Å². The van der Waals surface area contributed by atoms with Crippen molar-refractivity contribution in [2.45, 2.75) is 26.3 Å². The van der Waals surface area contributed by atoms with Crippen molar-refractivity contribution >= 4 is 11.5 Å². The Kier molecular flexibility index (Phi) is 5.03. The SMILES string of the molecule is CCCc1cc(N2CCN(Cc3ccccc3C#N)CC2)n2nccc2n1. The topological polar surface area (TPSA) is 60.5 Å². The smallest absolute Gasteiger partial charge is 0.157 e. The molecular formula is C21H24N6. The first-order valence-electron chi connectivity index (χ1n) is 9.57. The summed E-state index contributed by atoms with van der Waals surface area (Å²) in [5.74, 6) is 1.13. The minimum atomic E-state index is 0.775. The summed E-state index contributed by atoms with van der Waals surface area (Å²) in [6.45, 7) is 6.83. The quantitative estimate of drug-likeness (QED) is 0.700. The third-order valence-corrected chi connectivity index (χ3v) is 5.13. The third kappa shape index (κ3) is 3.64. The average Bonchev–Trinajstić information content (AvgIpc) is 3.17. The van der Waals surface area contributed by atoms with Gasteiger partial charge in [0.15, 0.2) is 5.65 Å². The van der Waals surface area contributed by atoms with Crippen LogP contribution in [-0.2, 0) is 13.0 Å². The predicted molar refractivity (Wildman–Crippen MR) is 106 cm³/mol. The van der Waals surface area contributed by atoms with Crippen LogP contribution in [0.15, 0.2) is 42.6 Å². The Balaban J connectivity index is 1.49. The summed E-state index contributed by atoms with van der Waals surface area (Å²) in [5, 5.41) is 13.8. The summed E-state index contributed by atoms with van der Waals surface area (Å²) >= 11 is 0. The van der Waals surface area contributed by atoms with E-state index in [0.717, 1.165) is 73.9 Å². The lowest BCUT2D eigenvalue weighted by Crippen LogP contribution is -2.46. The van der Waals surface area contributed by atoms with E-state index in [0.29, 0.717) is 0 Å². The number of aryl methyl sites for hydroxylation is 1. The van der Waals surface area contributed by atoms with E-state index >= 15 is 0 Å². The summed E-state index contributed by atoms with van der Waals surface area (Å²) in [7, 11) is 0. The van der Waals surface area contributed by atoms with Crippen LogP contribution in [0.3, 0.4) is 0 Å². The van der Waals surface area contributed by atoms with Gasteiger partial charge in [-0.15, -0.1) is 0 Å². The first kappa shape index (κ1) is 17.5. The molecule has 0 atom stereocenters. The maximum absolute atomic E-state index is 9.30. The van der Waals surface area contributed by atoms with Gasteiger partial charge in [-0.25, -0.2) is 4.98 Å². The molecule has 1 saturated heterocycles. The van der Waals surface area contributed by atoms with Crippen molar-refractivity contribution in [2.75, 3.05) is 31.1 Å². The van der Waals surface area contributed by atoms with Crippen molar-refractivity contribution in [2.24, 2.45) is 0 Å². The Morgan fingerprint density at radius 3 is 2.70 bits per heavy atom. The number of hydrogen-bond donors (Lipinski definition) is 0. The molecule has 0 bridgehead atoms. The largest absolute Gasteiger partial charge is 0.354 e. The maximum Gasteiger partial charge on any atom is 0.157 e. The summed E-state index contributed by atoms with van der Waals surface area (Å²) in [5.41, 5.74) is 3.93. The lowest BCUT2D eigenvalue weighted by Gasteiger charge is -2.36. The molecule has 27 heavy (non-hydrogen) atoms. The number of nitrogens with zero attached hydrogens (tertiary/aromatic N) is 6. The molecule has 0 N–H and O–H groups in total. The van der Waals surface area contributed by atoms with E-state index in [9.17, 15) is 5.26 Å². The lowest BCUT2D eigenvalue weighted by molar-refractivity contribution is 0.249. The van der Waals surface area contributed by atoms with Gasteiger partial charge in [0.25, 0.3) is 0 Å². The lowest BCUT2D eigenvalue weighted by atomic mass is 10.1. The van der Waals surface area contributed by atoms with E-state index in [2.05, 4.69) is 40.0 Å². The van der Waals surface area contributed by atoms with Crippen molar-refractivity contribution in [3.63, 3.8) is 0 Å². The van der Waals surface area contributed by atoms with Gasteiger partial charge in [-0.2, -0.15) is 14.9 Å². The molecule has 3 aromatic rings. The van der Waals surface area contributed by atoms with Gasteiger partial charge in [-0.1, -0.05) is 31.5 Å². The number of hydrogen-bond acceptors (Lipinski definition) is 5. The molecule has 3 heterocycles. The van der Waals surface area contributed by atoms with Gasteiger partial charge >= 0.3 is 0 Å². The second-order valence-corrected chi connectivity index (χ2v) is 6.99. The zero-order valence-corrected chi connectivity index (χ0v) is 15.7. The van der Waals surface area contributed by atoms with Crippen molar-refractivity contribution in [3.8, 4) is 6.07 Å². The molecule has 4 rings (SSSR count). The van der Waals surface area contributed by atoms with Gasteiger partial charge in [-0.3, -0.25) is 4.90 Å². The van der Waals surface area contributed by atoms with E-state index in [4.69, 9.17) is 4.98 Å². The fourth-order valence-electron chi connectivity index (χ4n) is 3.70. The van der Waals surface area contributed by atoms with Crippen molar-refractivity contribution in [1.82, 2.24) is 19.5 Å². The number of fused-ring (bicyclic) bond motifs is 1. The fourth-order valence-corrected chi connectivity index (χ4v) is 3.70. The highest BCUT2D eigenvalue weighted by Crippen LogP contribution is 2.21. The molecule has 2 aromatic heterocycles. The highest BCUT2D eigenvalue weighted by Gasteiger charge is 2.21. The molecule has 0 radical (unpaired) electrons. The van der Waals surface area contributed by atoms with Crippen LogP contribution >= 0.6 is 0 Å². The molecule has 0 spiro atoms. The molecule has 1 fully saturated rings. The number of anilines is 1. The van der Waals surface area contributed by atoms with Gasteiger partial charge in [0, 0.05) is 50.6 Å². The van der Waals surface area contributed by atoms with Crippen LogP contribution in [0.4, 0.5) is 5.82 Å². The molecule has 6 nitrogen and oxygen atoms in total. The number of rotatable bonds is 5. The fraction of sp³-hybridized carbons (Fsp3) is 0.381. The highest BCUT2D eigenvalue weighted by atomic mass is 15.4. The molecule has 0 unspecified atom stereocenters. The van der Waals surface area contributed by atoms with Crippen molar-refractivity contribution in [3.05, 3.63) is 59.4 Å². The van der Waals surface area contributed by atoms with Crippen LogP contribution in [0.5, 0.6) is 0 Å². The Morgan fingerprint density at radius 2 is 1.93 bits per heavy atom. The van der Waals surface area contributed by atoms with Gasteiger partial charge in [0.1, 0.15) is 5.82 Å². The molecule has 0 saturated carbocycles. The summed E-state index contributed by atoms with van der Waals surface area (Å²) in [4.78, 5) is 9.52. The van der Waals surface area contributed by atoms with Crippen LogP contribution in [-0.4, -0.2) is 45.7 Å². The summed E-state index contributed by atoms with van der Waals surface area (Å²) in [6, 6.07) is 14.3. The van der Waals surface area contributed by atoms with Crippen molar-refractivity contribution in [1.29, 1.82) is 5.26 Å². The Bertz CT molecular complexity index is 962.